The first-order chi connectivity index (χ1) is 33.2. The molecule has 3 N–H and O–H groups in total. The van der Waals surface area contributed by atoms with Crippen LogP contribution < -0.4 is 5.32 Å². The molecular weight excluding hydrogens is 944 g/mol. The van der Waals surface area contributed by atoms with E-state index in [4.69, 9.17) is 14.7 Å². The van der Waals surface area contributed by atoms with Gasteiger partial charge >= 0.3 is 24.5 Å². The van der Waals surface area contributed by atoms with Crippen molar-refractivity contribution in [2.45, 2.75) is 129 Å². The molecule has 5 atom stereocenters. The molecule has 6 heterocycles. The number of carbonyl (C=O) groups is 3. The molecule has 2 amide bonds. The Morgan fingerprint density at radius 1 is 0.704 bits per heavy atom. The molecule has 71 heavy (non-hydrogen) atoms. The Morgan fingerprint density at radius 3 is 1.87 bits per heavy atom. The molecule has 19 heteroatoms. The third-order valence-corrected chi connectivity index (χ3v) is 14.2. The van der Waals surface area contributed by atoms with Crippen molar-refractivity contribution in [1.29, 1.82) is 0 Å². The molecule has 8 rings (SSSR count). The number of fused-ring (bicyclic) bond motifs is 8. The summed E-state index contributed by atoms with van der Waals surface area (Å²) in [6.07, 6.45) is -14.1. The number of halogens is 9. The molecule has 0 fully saturated rings. The second-order valence-corrected chi connectivity index (χ2v) is 18.8. The average molecular weight is 995 g/mol. The molecule has 5 aromatic rings. The van der Waals surface area contributed by atoms with Crippen LogP contribution >= 0.6 is 0 Å². The standard InChI is InChI=1S/C52H51F9N6O4/c1-9-34-24(3)36-20-41-43(28(7)62-21-29-14-32(51(56,57)58)17-33(15-29)52(59,60)61)26(5)38(64-41)18-37-25(4)35(10-11-42(68)71-8)46(65-37)45-47-44(27(6)39(66-47)19-40(34)63-36)48(69)67(49(45)70)22-30-12-23(2)13-31(16-30)50(53,54)55/h12-20,24-25,28,34-35,62,64,66H,9-11,21-22H2,1-8H3/t24-,25+,28?,34-,35+/m1/s1. The van der Waals surface area contributed by atoms with Gasteiger partial charge < -0.3 is 20.0 Å². The summed E-state index contributed by atoms with van der Waals surface area (Å²) >= 11 is 0. The van der Waals surface area contributed by atoms with Crippen molar-refractivity contribution < 1.29 is 58.6 Å². The Hall–Kier alpha value is -6.50. The topological polar surface area (TPSA) is 133 Å². The van der Waals surface area contributed by atoms with E-state index < -0.39 is 77.4 Å². The highest BCUT2D eigenvalue weighted by Gasteiger charge is 2.42. The summed E-state index contributed by atoms with van der Waals surface area (Å²) in [5, 5.41) is 3.14. The van der Waals surface area contributed by atoms with Gasteiger partial charge in [-0.2, -0.15) is 39.5 Å². The number of hydrogen-bond acceptors (Lipinski definition) is 7. The number of benzene rings is 2. The number of ether oxygens (including phenoxy) is 1. The predicted octanol–water partition coefficient (Wildman–Crippen LogP) is 13.1. The molecule has 0 saturated heterocycles. The third-order valence-electron chi connectivity index (χ3n) is 14.2. The van der Waals surface area contributed by atoms with Crippen molar-refractivity contribution in [3.8, 4) is 0 Å². The molecule has 376 valence electrons. The monoisotopic (exact) mass is 994 g/mol. The number of aromatic nitrogens is 4. The smallest absolute Gasteiger partial charge is 0.416 e. The molecule has 8 bridgehead atoms. The predicted molar refractivity (Wildman–Crippen MR) is 246 cm³/mol. The highest BCUT2D eigenvalue weighted by atomic mass is 19.4. The number of amides is 2. The Bertz CT molecular complexity index is 3120. The molecular formula is C52H51F9N6O4. The number of alkyl halides is 9. The lowest BCUT2D eigenvalue weighted by molar-refractivity contribution is -0.143. The van der Waals surface area contributed by atoms with Gasteiger partial charge in [0.15, 0.2) is 0 Å². The van der Waals surface area contributed by atoms with Crippen LogP contribution in [0.5, 0.6) is 0 Å². The van der Waals surface area contributed by atoms with Crippen LogP contribution in [0.2, 0.25) is 0 Å². The van der Waals surface area contributed by atoms with E-state index in [9.17, 15) is 49.1 Å². The SMILES string of the molecule is CC[C@H]1c2cc3[nH]c4c(c5nc(cc6[nH]c(cc(n2)[C@@H]1C)c(C(C)NCc1cc(C(F)(F)F)cc(C(F)(F)F)c1)c6C)[C@@H](C)[C@@H]5CCC(=O)OC)C(=O)N(Cc1cc(C)cc(C(F)(F)F)c1)C(=O)c4c3C. The zero-order valence-corrected chi connectivity index (χ0v) is 40.0. The van der Waals surface area contributed by atoms with Gasteiger partial charge in [0.1, 0.15) is 0 Å². The summed E-state index contributed by atoms with van der Waals surface area (Å²) in [6.45, 7) is 11.7. The minimum atomic E-state index is -5.03. The second-order valence-electron chi connectivity index (χ2n) is 18.8. The van der Waals surface area contributed by atoms with Gasteiger partial charge in [0.2, 0.25) is 0 Å². The van der Waals surface area contributed by atoms with E-state index in [1.165, 1.54) is 20.1 Å². The van der Waals surface area contributed by atoms with Crippen LogP contribution in [0.3, 0.4) is 0 Å². The van der Waals surface area contributed by atoms with Crippen LogP contribution in [0.25, 0.3) is 22.1 Å². The zero-order chi connectivity index (χ0) is 51.8. The molecule has 1 unspecified atom stereocenters. The third kappa shape index (κ3) is 9.68. The van der Waals surface area contributed by atoms with Crippen LogP contribution in [-0.2, 0) is 41.1 Å². The minimum Gasteiger partial charge on any atom is -0.469 e. The Morgan fingerprint density at radius 2 is 1.25 bits per heavy atom. The van der Waals surface area contributed by atoms with Gasteiger partial charge in [-0.25, -0.2) is 0 Å². The summed E-state index contributed by atoms with van der Waals surface area (Å²) in [5.41, 5.74) is 1.90. The van der Waals surface area contributed by atoms with Crippen LogP contribution in [0, 0.1) is 20.8 Å². The first-order valence-electron chi connectivity index (χ1n) is 23.1. The maximum Gasteiger partial charge on any atom is 0.416 e. The molecule has 3 aliphatic heterocycles. The van der Waals surface area contributed by atoms with Gasteiger partial charge in [0.25, 0.3) is 11.8 Å². The normalized spacial score (nSPS) is 18.9. The number of rotatable bonds is 10. The first kappa shape index (κ1) is 50.9. The molecule has 0 saturated carbocycles. The number of esters is 1. The quantitative estimate of drug-likeness (QED) is 0.0721. The largest absolute Gasteiger partial charge is 0.469 e. The van der Waals surface area contributed by atoms with Crippen molar-refractivity contribution in [2.24, 2.45) is 0 Å². The second kappa shape index (κ2) is 18.6. The van der Waals surface area contributed by atoms with Crippen molar-refractivity contribution in [3.05, 3.63) is 139 Å². The highest BCUT2D eigenvalue weighted by molar-refractivity contribution is 6.23. The molecule has 10 nitrogen and oxygen atoms in total. The van der Waals surface area contributed by atoms with Crippen LogP contribution in [0.1, 0.15) is 170 Å². The lowest BCUT2D eigenvalue weighted by atomic mass is 9.84. The van der Waals surface area contributed by atoms with Crippen molar-refractivity contribution >= 4 is 39.9 Å². The van der Waals surface area contributed by atoms with E-state index in [1.54, 1.807) is 32.9 Å². The van der Waals surface area contributed by atoms with Gasteiger partial charge in [0, 0.05) is 76.3 Å². The van der Waals surface area contributed by atoms with Gasteiger partial charge in [-0.1, -0.05) is 32.4 Å². The summed E-state index contributed by atoms with van der Waals surface area (Å²) < 4.78 is 130. The highest BCUT2D eigenvalue weighted by Crippen LogP contribution is 2.46. The number of nitrogens with zero attached hydrogens (tertiary/aromatic N) is 3. The van der Waals surface area contributed by atoms with E-state index in [0.29, 0.717) is 68.9 Å². The molecule has 0 aliphatic carbocycles. The summed E-state index contributed by atoms with van der Waals surface area (Å²) in [4.78, 5) is 60.5. The number of H-pyrrole nitrogens is 2. The van der Waals surface area contributed by atoms with Crippen molar-refractivity contribution in [2.75, 3.05) is 7.11 Å². The van der Waals surface area contributed by atoms with Gasteiger partial charge in [0.05, 0.1) is 52.7 Å². The first-order valence-corrected chi connectivity index (χ1v) is 23.1. The van der Waals surface area contributed by atoms with E-state index in [1.807, 2.05) is 26.8 Å². The average Bonchev–Trinajstić information content (AvgIpc) is 3.97. The Kier molecular flexibility index (Phi) is 13.3. The number of aryl methyl sites for hydroxylation is 3. The van der Waals surface area contributed by atoms with Gasteiger partial charge in [-0.15, -0.1) is 0 Å². The fraction of sp³-hybridized carbons (Fsp3) is 0.404. The minimum absolute atomic E-state index is 0.00305. The van der Waals surface area contributed by atoms with Crippen LogP contribution in [0.15, 0.2) is 54.6 Å². The number of nitrogens with one attached hydrogen (secondary N) is 3. The maximum atomic E-state index is 15.1. The van der Waals surface area contributed by atoms with Crippen molar-refractivity contribution in [3.63, 3.8) is 0 Å². The lowest BCUT2D eigenvalue weighted by Crippen LogP contribution is -2.40. The number of methoxy groups -OCH3 is 1. The number of imide groups is 1. The number of hydrogen-bond donors (Lipinski definition) is 3. The summed E-state index contributed by atoms with van der Waals surface area (Å²) in [7, 11) is 1.24. The fourth-order valence-corrected chi connectivity index (χ4v) is 10.4. The molecule has 0 spiro atoms. The fourth-order valence-electron chi connectivity index (χ4n) is 10.4. The zero-order valence-electron chi connectivity index (χ0n) is 40.0. The van der Waals surface area contributed by atoms with Crippen LogP contribution in [-0.4, -0.2) is 49.7 Å². The maximum absolute atomic E-state index is 15.1. The molecule has 2 aromatic carbocycles. The Labute approximate surface area is 402 Å². The number of aromatic amines is 2. The summed E-state index contributed by atoms with van der Waals surface area (Å²) in [5.74, 6) is -3.52. The molecule has 3 aromatic heterocycles. The van der Waals surface area contributed by atoms with Gasteiger partial charge in [-0.05, 0) is 117 Å². The summed E-state index contributed by atoms with van der Waals surface area (Å²) in [6, 6.07) is 9.59. The molecule has 0 radical (unpaired) electrons. The van der Waals surface area contributed by atoms with E-state index in [-0.39, 0.29) is 76.3 Å². The lowest BCUT2D eigenvalue weighted by Gasteiger charge is -2.27. The van der Waals surface area contributed by atoms with E-state index in [2.05, 4.69) is 15.3 Å². The van der Waals surface area contributed by atoms with E-state index >= 15 is 4.79 Å². The Balaban J connectivity index is 1.37. The molecule has 3 aliphatic rings. The van der Waals surface area contributed by atoms with Gasteiger partial charge in [-0.3, -0.25) is 29.3 Å². The van der Waals surface area contributed by atoms with Crippen LogP contribution in [0.4, 0.5) is 39.5 Å². The van der Waals surface area contributed by atoms with E-state index in [0.717, 1.165) is 17.0 Å². The number of carbonyl (C=O) groups excluding carboxylic acids is 3. The van der Waals surface area contributed by atoms with Crippen molar-refractivity contribution in [1.82, 2.24) is 30.2 Å².